The molecule has 0 bridgehead atoms. The van der Waals surface area contributed by atoms with Crippen LogP contribution in [0.2, 0.25) is 5.02 Å². The fourth-order valence-electron chi connectivity index (χ4n) is 2.31. The molecular weight excluding hydrogens is 284 g/mol. The van der Waals surface area contributed by atoms with Gasteiger partial charge < -0.3 is 4.90 Å². The summed E-state index contributed by atoms with van der Waals surface area (Å²) in [5, 5.41) is 7.35. The number of aromatic nitrogens is 1. The minimum Gasteiger partial charge on any atom is -0.368 e. The van der Waals surface area contributed by atoms with Crippen molar-refractivity contribution >= 4 is 23.5 Å². The molecule has 4 nitrogen and oxygen atoms in total. The molecule has 0 amide bonds. The molecular formula is C16H17ClN4. The van der Waals surface area contributed by atoms with E-state index in [0.29, 0.717) is 0 Å². The predicted octanol–water partition coefficient (Wildman–Crippen LogP) is 2.89. The summed E-state index contributed by atoms with van der Waals surface area (Å²) in [7, 11) is 0. The number of benzene rings is 1. The Morgan fingerprint density at radius 1 is 1.00 bits per heavy atom. The molecule has 0 N–H and O–H groups in total. The Kier molecular flexibility index (Phi) is 4.36. The number of pyridine rings is 1. The van der Waals surface area contributed by atoms with Gasteiger partial charge in [0, 0.05) is 30.0 Å². The van der Waals surface area contributed by atoms with Crippen LogP contribution in [0.3, 0.4) is 0 Å². The minimum atomic E-state index is 0.775. The Bertz CT molecular complexity index is 589. The third-order valence-corrected chi connectivity index (χ3v) is 3.74. The predicted molar refractivity (Wildman–Crippen MR) is 87.1 cm³/mol. The lowest BCUT2D eigenvalue weighted by molar-refractivity contribution is 0.272. The van der Waals surface area contributed by atoms with Crippen LogP contribution in [0.15, 0.2) is 53.8 Å². The van der Waals surface area contributed by atoms with Gasteiger partial charge in [-0.2, -0.15) is 5.10 Å². The van der Waals surface area contributed by atoms with Crippen molar-refractivity contribution in [3.05, 3.63) is 59.4 Å². The average molecular weight is 301 g/mol. The summed E-state index contributed by atoms with van der Waals surface area (Å²) in [6.07, 6.45) is 3.60. The highest BCUT2D eigenvalue weighted by molar-refractivity contribution is 6.30. The average Bonchev–Trinajstić information content (AvgIpc) is 2.55. The fraction of sp³-hybridized carbons (Fsp3) is 0.250. The van der Waals surface area contributed by atoms with Crippen LogP contribution < -0.4 is 4.90 Å². The van der Waals surface area contributed by atoms with Crippen molar-refractivity contribution in [2.75, 3.05) is 31.1 Å². The van der Waals surface area contributed by atoms with E-state index in [-0.39, 0.29) is 0 Å². The van der Waals surface area contributed by atoms with Crippen LogP contribution in [-0.4, -0.2) is 42.4 Å². The van der Waals surface area contributed by atoms with Crippen LogP contribution in [0.4, 0.5) is 5.69 Å². The van der Waals surface area contributed by atoms with Crippen molar-refractivity contribution in [3.8, 4) is 0 Å². The molecule has 0 atom stereocenters. The highest BCUT2D eigenvalue weighted by atomic mass is 35.5. The first-order valence-corrected chi connectivity index (χ1v) is 7.39. The van der Waals surface area contributed by atoms with Crippen molar-refractivity contribution in [2.45, 2.75) is 0 Å². The zero-order valence-electron chi connectivity index (χ0n) is 11.7. The Morgan fingerprint density at radius 3 is 2.43 bits per heavy atom. The van der Waals surface area contributed by atoms with E-state index >= 15 is 0 Å². The quantitative estimate of drug-likeness (QED) is 0.817. The van der Waals surface area contributed by atoms with E-state index in [9.17, 15) is 0 Å². The molecule has 1 aliphatic rings. The zero-order valence-corrected chi connectivity index (χ0v) is 12.4. The summed E-state index contributed by atoms with van der Waals surface area (Å²) in [6.45, 7) is 3.74. The monoisotopic (exact) mass is 300 g/mol. The summed E-state index contributed by atoms with van der Waals surface area (Å²) in [4.78, 5) is 6.59. The molecule has 21 heavy (non-hydrogen) atoms. The van der Waals surface area contributed by atoms with E-state index < -0.39 is 0 Å². The van der Waals surface area contributed by atoms with Crippen LogP contribution in [0.1, 0.15) is 5.69 Å². The molecule has 1 aliphatic heterocycles. The third kappa shape index (κ3) is 3.73. The Labute approximate surface area is 129 Å². The highest BCUT2D eigenvalue weighted by Gasteiger charge is 2.15. The number of anilines is 1. The Morgan fingerprint density at radius 2 is 1.76 bits per heavy atom. The second-order valence-electron chi connectivity index (χ2n) is 4.92. The number of hydrogen-bond donors (Lipinski definition) is 0. The molecule has 1 saturated heterocycles. The van der Waals surface area contributed by atoms with E-state index in [1.807, 2.05) is 36.5 Å². The minimum absolute atomic E-state index is 0.775. The molecule has 2 heterocycles. The van der Waals surface area contributed by atoms with Crippen molar-refractivity contribution in [1.82, 2.24) is 9.99 Å². The van der Waals surface area contributed by atoms with Gasteiger partial charge in [-0.05, 0) is 36.4 Å². The normalized spacial score (nSPS) is 15.7. The summed E-state index contributed by atoms with van der Waals surface area (Å²) >= 11 is 5.92. The van der Waals surface area contributed by atoms with Gasteiger partial charge >= 0.3 is 0 Å². The molecule has 2 aromatic rings. The summed E-state index contributed by atoms with van der Waals surface area (Å²) < 4.78 is 0. The first kappa shape index (κ1) is 13.9. The van der Waals surface area contributed by atoms with Gasteiger partial charge in [-0.3, -0.25) is 9.99 Å². The molecule has 0 spiro atoms. The van der Waals surface area contributed by atoms with E-state index in [0.717, 1.165) is 36.9 Å². The Balaban J connectivity index is 1.55. The SMILES string of the molecule is Clc1ccc(N2CCN(N=Cc3ccccn3)CC2)cc1. The summed E-state index contributed by atoms with van der Waals surface area (Å²) in [5.41, 5.74) is 2.10. The maximum absolute atomic E-state index is 5.92. The second-order valence-corrected chi connectivity index (χ2v) is 5.35. The maximum Gasteiger partial charge on any atom is 0.0830 e. The molecule has 0 aliphatic carbocycles. The van der Waals surface area contributed by atoms with Gasteiger partial charge in [0.25, 0.3) is 0 Å². The lowest BCUT2D eigenvalue weighted by atomic mass is 10.2. The topological polar surface area (TPSA) is 31.7 Å². The van der Waals surface area contributed by atoms with Crippen LogP contribution in [-0.2, 0) is 0 Å². The van der Waals surface area contributed by atoms with E-state index in [4.69, 9.17) is 11.6 Å². The molecule has 1 fully saturated rings. The number of piperazine rings is 1. The molecule has 108 valence electrons. The molecule has 0 saturated carbocycles. The third-order valence-electron chi connectivity index (χ3n) is 3.49. The largest absolute Gasteiger partial charge is 0.368 e. The highest BCUT2D eigenvalue weighted by Crippen LogP contribution is 2.19. The first-order valence-electron chi connectivity index (χ1n) is 7.02. The molecule has 1 aromatic heterocycles. The molecule has 1 aromatic carbocycles. The van der Waals surface area contributed by atoms with Gasteiger partial charge in [-0.25, -0.2) is 0 Å². The van der Waals surface area contributed by atoms with Gasteiger partial charge in [0.2, 0.25) is 0 Å². The number of hydrazone groups is 1. The van der Waals surface area contributed by atoms with Gasteiger partial charge in [-0.15, -0.1) is 0 Å². The number of halogens is 1. The Hall–Kier alpha value is -2.07. The van der Waals surface area contributed by atoms with Gasteiger partial charge in [0.15, 0.2) is 0 Å². The van der Waals surface area contributed by atoms with Crippen molar-refractivity contribution < 1.29 is 0 Å². The zero-order chi connectivity index (χ0) is 14.5. The van der Waals surface area contributed by atoms with Crippen LogP contribution in [0.25, 0.3) is 0 Å². The molecule has 5 heteroatoms. The summed E-state index contributed by atoms with van der Waals surface area (Å²) in [5.74, 6) is 0. The van der Waals surface area contributed by atoms with Crippen molar-refractivity contribution in [1.29, 1.82) is 0 Å². The smallest absolute Gasteiger partial charge is 0.0830 e. The van der Waals surface area contributed by atoms with Gasteiger partial charge in [0.05, 0.1) is 25.0 Å². The first-order chi connectivity index (χ1) is 10.3. The number of rotatable bonds is 3. The number of nitrogens with zero attached hydrogens (tertiary/aromatic N) is 4. The summed E-state index contributed by atoms with van der Waals surface area (Å²) in [6, 6.07) is 13.8. The van der Waals surface area contributed by atoms with E-state index in [2.05, 4.69) is 32.1 Å². The van der Waals surface area contributed by atoms with Crippen molar-refractivity contribution in [3.63, 3.8) is 0 Å². The standard InChI is InChI=1S/C16H17ClN4/c17-14-4-6-16(7-5-14)20-9-11-21(12-10-20)19-13-15-3-1-2-8-18-15/h1-8,13H,9-12H2. The van der Waals surface area contributed by atoms with E-state index in [1.165, 1.54) is 5.69 Å². The fourth-order valence-corrected chi connectivity index (χ4v) is 2.44. The number of hydrogen-bond acceptors (Lipinski definition) is 4. The van der Waals surface area contributed by atoms with E-state index in [1.54, 1.807) is 6.20 Å². The molecule has 3 rings (SSSR count). The van der Waals surface area contributed by atoms with Crippen molar-refractivity contribution in [2.24, 2.45) is 5.10 Å². The molecule has 0 radical (unpaired) electrons. The van der Waals surface area contributed by atoms with Crippen LogP contribution >= 0.6 is 11.6 Å². The maximum atomic E-state index is 5.92. The lowest BCUT2D eigenvalue weighted by Gasteiger charge is -2.34. The lowest BCUT2D eigenvalue weighted by Crippen LogP contribution is -2.44. The van der Waals surface area contributed by atoms with Crippen LogP contribution in [0, 0.1) is 0 Å². The second kappa shape index (κ2) is 6.59. The van der Waals surface area contributed by atoms with Gasteiger partial charge in [-0.1, -0.05) is 17.7 Å². The van der Waals surface area contributed by atoms with Crippen LogP contribution in [0.5, 0.6) is 0 Å². The van der Waals surface area contributed by atoms with Gasteiger partial charge in [0.1, 0.15) is 0 Å². The molecule has 0 unspecified atom stereocenters.